The first-order chi connectivity index (χ1) is 10.1. The minimum Gasteiger partial charge on any atom is -0.309 e. The average molecular weight is 305 g/mol. The first-order valence-electron chi connectivity index (χ1n) is 7.82. The molecule has 0 saturated heterocycles. The molecule has 0 spiro atoms. The van der Waals surface area contributed by atoms with Crippen LogP contribution < -0.4 is 5.32 Å². The Balaban J connectivity index is 1.56. The summed E-state index contributed by atoms with van der Waals surface area (Å²) in [7, 11) is 2.00. The van der Waals surface area contributed by atoms with Crippen LogP contribution in [0.1, 0.15) is 44.3 Å². The number of aromatic nitrogens is 3. The summed E-state index contributed by atoms with van der Waals surface area (Å²) in [5.74, 6) is 2.43. The number of hydrogen-bond donors (Lipinski definition) is 1. The number of nitrogens with zero attached hydrogens (tertiary/aromatic N) is 4. The zero-order valence-electron chi connectivity index (χ0n) is 12.8. The number of rotatable bonds is 6. The van der Waals surface area contributed by atoms with E-state index in [1.165, 1.54) is 25.7 Å². The van der Waals surface area contributed by atoms with Crippen molar-refractivity contribution in [2.45, 2.75) is 62.2 Å². The number of hydrogen-bond acceptors (Lipinski definition) is 5. The monoisotopic (exact) mass is 305 g/mol. The minimum atomic E-state index is -0.266. The Morgan fingerprint density at radius 2 is 2.24 bits per heavy atom. The number of nitriles is 1. The lowest BCUT2D eigenvalue weighted by Gasteiger charge is -2.30. The Kier molecular flexibility index (Phi) is 4.23. The van der Waals surface area contributed by atoms with Crippen molar-refractivity contribution in [3.8, 4) is 6.07 Å². The minimum absolute atomic E-state index is 0.266. The van der Waals surface area contributed by atoms with Gasteiger partial charge in [0, 0.05) is 18.8 Å². The summed E-state index contributed by atoms with van der Waals surface area (Å²) >= 11 is 1.75. The molecule has 2 aliphatic rings. The van der Waals surface area contributed by atoms with E-state index in [0.717, 1.165) is 29.6 Å². The molecule has 0 bridgehead atoms. The van der Waals surface area contributed by atoms with Crippen LogP contribution in [0.4, 0.5) is 0 Å². The third kappa shape index (κ3) is 3.09. The third-order valence-corrected chi connectivity index (χ3v) is 5.86. The Labute approximate surface area is 130 Å². The third-order valence-electron chi connectivity index (χ3n) is 4.81. The lowest BCUT2D eigenvalue weighted by atomic mass is 9.86. The molecule has 1 aromatic rings. The molecule has 0 aromatic carbocycles. The zero-order valence-corrected chi connectivity index (χ0v) is 13.6. The Morgan fingerprint density at radius 1 is 1.43 bits per heavy atom. The highest BCUT2D eigenvalue weighted by molar-refractivity contribution is 7.99. The molecule has 0 aliphatic heterocycles. The van der Waals surface area contributed by atoms with Crippen LogP contribution in [0, 0.1) is 24.2 Å². The van der Waals surface area contributed by atoms with Crippen LogP contribution in [0.2, 0.25) is 0 Å². The fourth-order valence-corrected chi connectivity index (χ4v) is 4.25. The summed E-state index contributed by atoms with van der Waals surface area (Å²) in [6, 6.07) is 3.21. The topological polar surface area (TPSA) is 66.5 Å². The van der Waals surface area contributed by atoms with Gasteiger partial charge in [-0.2, -0.15) is 5.26 Å². The van der Waals surface area contributed by atoms with Crippen molar-refractivity contribution < 1.29 is 0 Å². The average Bonchev–Trinajstić information content (AvgIpc) is 3.13. The fourth-order valence-electron chi connectivity index (χ4n) is 3.24. The highest BCUT2D eigenvalue weighted by Gasteiger charge is 2.45. The molecule has 1 aromatic heterocycles. The van der Waals surface area contributed by atoms with Crippen molar-refractivity contribution in [2.75, 3.05) is 5.75 Å². The molecule has 1 heterocycles. The summed E-state index contributed by atoms with van der Waals surface area (Å²) in [5.41, 5.74) is -0.266. The normalized spacial score (nSPS) is 28.7. The lowest BCUT2D eigenvalue weighted by Crippen LogP contribution is -2.48. The standard InChI is InChI=1S/C15H23N5S/c1-11-18-19-14(20(11)2)21-9-7-12-4-3-8-15(12,10-16)17-13-5-6-13/h12-13,17H,3-9H2,1-2H3. The van der Waals surface area contributed by atoms with Crippen LogP contribution in [0.25, 0.3) is 0 Å². The molecular weight excluding hydrogens is 282 g/mol. The molecule has 0 radical (unpaired) electrons. The molecule has 114 valence electrons. The Bertz CT molecular complexity index is 545. The van der Waals surface area contributed by atoms with Crippen molar-refractivity contribution in [3.63, 3.8) is 0 Å². The van der Waals surface area contributed by atoms with E-state index in [1.54, 1.807) is 11.8 Å². The molecule has 2 saturated carbocycles. The van der Waals surface area contributed by atoms with E-state index in [2.05, 4.69) is 21.6 Å². The largest absolute Gasteiger partial charge is 0.309 e. The van der Waals surface area contributed by atoms with E-state index in [0.29, 0.717) is 12.0 Å². The van der Waals surface area contributed by atoms with Gasteiger partial charge < -0.3 is 4.57 Å². The van der Waals surface area contributed by atoms with Crippen LogP contribution in [-0.2, 0) is 7.05 Å². The molecule has 2 atom stereocenters. The van der Waals surface area contributed by atoms with Crippen molar-refractivity contribution in [1.82, 2.24) is 20.1 Å². The molecule has 2 unspecified atom stereocenters. The fraction of sp³-hybridized carbons (Fsp3) is 0.800. The van der Waals surface area contributed by atoms with Crippen molar-refractivity contribution in [1.29, 1.82) is 5.26 Å². The smallest absolute Gasteiger partial charge is 0.190 e. The van der Waals surface area contributed by atoms with Crippen molar-refractivity contribution >= 4 is 11.8 Å². The maximum atomic E-state index is 9.68. The van der Waals surface area contributed by atoms with Gasteiger partial charge in [-0.05, 0) is 44.9 Å². The first kappa shape index (κ1) is 14.9. The molecule has 2 fully saturated rings. The van der Waals surface area contributed by atoms with Gasteiger partial charge in [-0.25, -0.2) is 0 Å². The molecule has 21 heavy (non-hydrogen) atoms. The van der Waals surface area contributed by atoms with Crippen LogP contribution >= 0.6 is 11.8 Å². The molecular formula is C15H23N5S. The highest BCUT2D eigenvalue weighted by Crippen LogP contribution is 2.40. The summed E-state index contributed by atoms with van der Waals surface area (Å²) in [5, 5.41) is 22.6. The van der Waals surface area contributed by atoms with Gasteiger partial charge in [-0.1, -0.05) is 18.2 Å². The van der Waals surface area contributed by atoms with Crippen LogP contribution in [0.3, 0.4) is 0 Å². The van der Waals surface area contributed by atoms with Gasteiger partial charge in [0.1, 0.15) is 11.4 Å². The summed E-state index contributed by atoms with van der Waals surface area (Å²) in [4.78, 5) is 0. The van der Waals surface area contributed by atoms with E-state index in [9.17, 15) is 5.26 Å². The van der Waals surface area contributed by atoms with Gasteiger partial charge in [0.15, 0.2) is 5.16 Å². The SMILES string of the molecule is Cc1nnc(SCCC2CCCC2(C#N)NC2CC2)n1C. The summed E-state index contributed by atoms with van der Waals surface area (Å²) in [6.07, 6.45) is 6.91. The van der Waals surface area contributed by atoms with Gasteiger partial charge in [0.2, 0.25) is 0 Å². The molecule has 5 nitrogen and oxygen atoms in total. The van der Waals surface area contributed by atoms with Gasteiger partial charge in [-0.3, -0.25) is 5.32 Å². The van der Waals surface area contributed by atoms with Gasteiger partial charge in [0.05, 0.1) is 6.07 Å². The second kappa shape index (κ2) is 5.98. The van der Waals surface area contributed by atoms with Crippen LogP contribution in [0.5, 0.6) is 0 Å². The second-order valence-electron chi connectivity index (χ2n) is 6.32. The first-order valence-corrected chi connectivity index (χ1v) is 8.81. The van der Waals surface area contributed by atoms with E-state index >= 15 is 0 Å². The van der Waals surface area contributed by atoms with Gasteiger partial charge in [0.25, 0.3) is 0 Å². The predicted octanol–water partition coefficient (Wildman–Crippen LogP) is 2.42. The highest BCUT2D eigenvalue weighted by atomic mass is 32.2. The van der Waals surface area contributed by atoms with E-state index in [-0.39, 0.29) is 5.54 Å². The van der Waals surface area contributed by atoms with E-state index in [4.69, 9.17) is 0 Å². The maximum Gasteiger partial charge on any atom is 0.190 e. The quantitative estimate of drug-likeness (QED) is 0.818. The van der Waals surface area contributed by atoms with Crippen molar-refractivity contribution in [3.05, 3.63) is 5.82 Å². The second-order valence-corrected chi connectivity index (χ2v) is 7.38. The van der Waals surface area contributed by atoms with Gasteiger partial charge >= 0.3 is 0 Å². The zero-order chi connectivity index (χ0) is 14.9. The van der Waals surface area contributed by atoms with Crippen LogP contribution in [0.15, 0.2) is 5.16 Å². The molecule has 6 heteroatoms. The maximum absolute atomic E-state index is 9.68. The molecule has 2 aliphatic carbocycles. The molecule has 1 N–H and O–H groups in total. The van der Waals surface area contributed by atoms with Crippen molar-refractivity contribution in [2.24, 2.45) is 13.0 Å². The summed E-state index contributed by atoms with van der Waals surface area (Å²) in [6.45, 7) is 1.97. The Hall–Kier alpha value is -1.06. The molecule has 3 rings (SSSR count). The Morgan fingerprint density at radius 3 is 2.86 bits per heavy atom. The summed E-state index contributed by atoms with van der Waals surface area (Å²) < 4.78 is 2.03. The lowest BCUT2D eigenvalue weighted by molar-refractivity contribution is 0.308. The molecule has 0 amide bonds. The number of aryl methyl sites for hydroxylation is 1. The van der Waals surface area contributed by atoms with Gasteiger partial charge in [-0.15, -0.1) is 10.2 Å². The predicted molar refractivity (Wildman–Crippen MR) is 82.9 cm³/mol. The van der Waals surface area contributed by atoms with Crippen LogP contribution in [-0.4, -0.2) is 32.1 Å². The van der Waals surface area contributed by atoms with E-state index in [1.807, 2.05) is 18.5 Å². The van der Waals surface area contributed by atoms with E-state index < -0.39 is 0 Å². The number of thioether (sulfide) groups is 1. The number of nitrogens with one attached hydrogen (secondary N) is 1.